The first-order valence-electron chi connectivity index (χ1n) is 8.56. The molecule has 0 bridgehead atoms. The summed E-state index contributed by atoms with van der Waals surface area (Å²) in [5.74, 6) is -0.0268. The van der Waals surface area contributed by atoms with E-state index in [4.69, 9.17) is 4.74 Å². The molecular formula is C20H21BrFN3O2. The minimum absolute atomic E-state index is 0.0564. The van der Waals surface area contributed by atoms with Crippen molar-refractivity contribution in [3.8, 4) is 5.75 Å². The second-order valence-electron chi connectivity index (χ2n) is 6.16. The standard InChI is InChI=1S/C13H15N3O.C7H6BrFO/c1-14-13(17)11-6-9-8-4-2-3-5-10(8)16-12(9)7-15-11;1-10-7-3-2-5(8)4-6(7)9/h2-5,11,15-16H,6-7H2,1H3,(H,14,17);2-4H,1H3. The Morgan fingerprint density at radius 1 is 1.30 bits per heavy atom. The Morgan fingerprint density at radius 2 is 2.07 bits per heavy atom. The molecule has 142 valence electrons. The largest absolute Gasteiger partial charge is 0.494 e. The van der Waals surface area contributed by atoms with Gasteiger partial charge in [0.1, 0.15) is 0 Å². The number of benzene rings is 2. The molecule has 5 nitrogen and oxygen atoms in total. The quantitative estimate of drug-likeness (QED) is 0.579. The van der Waals surface area contributed by atoms with Gasteiger partial charge in [-0.2, -0.15) is 0 Å². The number of para-hydroxylation sites is 1. The molecule has 3 N–H and O–H groups in total. The van der Waals surface area contributed by atoms with Gasteiger partial charge in [-0.25, -0.2) is 4.39 Å². The van der Waals surface area contributed by atoms with Crippen molar-refractivity contribution in [2.45, 2.75) is 19.0 Å². The molecule has 1 atom stereocenters. The number of amides is 1. The number of hydrogen-bond acceptors (Lipinski definition) is 3. The first-order chi connectivity index (χ1) is 13.0. The van der Waals surface area contributed by atoms with Crippen LogP contribution in [0.2, 0.25) is 0 Å². The monoisotopic (exact) mass is 433 g/mol. The molecule has 27 heavy (non-hydrogen) atoms. The molecular weight excluding hydrogens is 413 g/mol. The Morgan fingerprint density at radius 3 is 2.78 bits per heavy atom. The average molecular weight is 434 g/mol. The zero-order valence-corrected chi connectivity index (χ0v) is 16.7. The summed E-state index contributed by atoms with van der Waals surface area (Å²) in [5.41, 5.74) is 3.62. The second kappa shape index (κ2) is 8.54. The Balaban J connectivity index is 0.000000180. The number of likely N-dealkylation sites (N-methyl/N-ethyl adjacent to an activating group) is 1. The Hall–Kier alpha value is -2.38. The lowest BCUT2D eigenvalue weighted by Gasteiger charge is -2.22. The predicted octanol–water partition coefficient (Wildman–Crippen LogP) is 3.53. The SMILES string of the molecule is CNC(=O)C1Cc2c([nH]c3ccccc23)CN1.COc1ccc(Br)cc1F. The van der Waals surface area contributed by atoms with Crippen molar-refractivity contribution in [1.82, 2.24) is 15.6 Å². The molecule has 1 aliphatic rings. The lowest BCUT2D eigenvalue weighted by atomic mass is 9.98. The molecule has 1 aliphatic heterocycles. The molecule has 1 aromatic heterocycles. The van der Waals surface area contributed by atoms with Crippen molar-refractivity contribution >= 4 is 32.7 Å². The maximum Gasteiger partial charge on any atom is 0.237 e. The number of methoxy groups -OCH3 is 1. The van der Waals surface area contributed by atoms with Crippen molar-refractivity contribution in [3.05, 3.63) is 64.0 Å². The molecule has 4 rings (SSSR count). The highest BCUT2D eigenvalue weighted by atomic mass is 79.9. The van der Waals surface area contributed by atoms with Crippen LogP contribution < -0.4 is 15.4 Å². The number of carbonyl (C=O) groups excluding carboxylic acids is 1. The molecule has 1 amide bonds. The first kappa shape index (κ1) is 19.4. The van der Waals surface area contributed by atoms with E-state index in [1.165, 1.54) is 29.8 Å². The van der Waals surface area contributed by atoms with Crippen LogP contribution in [0.15, 0.2) is 46.9 Å². The van der Waals surface area contributed by atoms with Gasteiger partial charge in [-0.05, 0) is 36.2 Å². The van der Waals surface area contributed by atoms with Crippen molar-refractivity contribution in [2.24, 2.45) is 0 Å². The van der Waals surface area contributed by atoms with Crippen LogP contribution in [0.3, 0.4) is 0 Å². The van der Waals surface area contributed by atoms with Gasteiger partial charge in [0.15, 0.2) is 11.6 Å². The Kier molecular flexibility index (Phi) is 6.13. The summed E-state index contributed by atoms with van der Waals surface area (Å²) in [6.45, 7) is 0.724. The number of carbonyl (C=O) groups is 1. The summed E-state index contributed by atoms with van der Waals surface area (Å²) in [4.78, 5) is 15.1. The van der Waals surface area contributed by atoms with Gasteiger partial charge in [-0.15, -0.1) is 0 Å². The van der Waals surface area contributed by atoms with Crippen LogP contribution in [-0.2, 0) is 17.8 Å². The molecule has 0 spiro atoms. The van der Waals surface area contributed by atoms with Gasteiger partial charge in [0.25, 0.3) is 0 Å². The van der Waals surface area contributed by atoms with Crippen molar-refractivity contribution in [2.75, 3.05) is 14.2 Å². The number of ether oxygens (including phenoxy) is 1. The van der Waals surface area contributed by atoms with E-state index in [0.717, 1.165) is 18.5 Å². The number of nitrogens with one attached hydrogen (secondary N) is 3. The van der Waals surface area contributed by atoms with E-state index >= 15 is 0 Å². The van der Waals surface area contributed by atoms with Crippen LogP contribution in [-0.4, -0.2) is 31.1 Å². The highest BCUT2D eigenvalue weighted by Gasteiger charge is 2.25. The summed E-state index contributed by atoms with van der Waals surface area (Å²) in [6.07, 6.45) is 0.749. The highest BCUT2D eigenvalue weighted by Crippen LogP contribution is 2.26. The molecule has 3 aromatic rings. The minimum atomic E-state index is -0.350. The first-order valence-corrected chi connectivity index (χ1v) is 9.35. The Bertz CT molecular complexity index is 958. The molecule has 2 heterocycles. The number of H-pyrrole nitrogens is 1. The van der Waals surface area contributed by atoms with Gasteiger partial charge in [-0.1, -0.05) is 34.1 Å². The third-order valence-electron chi connectivity index (χ3n) is 4.51. The third-order valence-corrected chi connectivity index (χ3v) is 5.01. The lowest BCUT2D eigenvalue weighted by molar-refractivity contribution is -0.122. The maximum atomic E-state index is 12.7. The molecule has 1 unspecified atom stereocenters. The fraction of sp³-hybridized carbons (Fsp3) is 0.250. The minimum Gasteiger partial charge on any atom is -0.494 e. The number of aromatic nitrogens is 1. The van der Waals surface area contributed by atoms with Gasteiger partial charge in [-0.3, -0.25) is 10.1 Å². The van der Waals surface area contributed by atoms with Gasteiger partial charge < -0.3 is 15.0 Å². The van der Waals surface area contributed by atoms with Crippen LogP contribution >= 0.6 is 15.9 Å². The summed E-state index contributed by atoms with van der Waals surface area (Å²) in [6, 6.07) is 12.8. The van der Waals surface area contributed by atoms with Crippen molar-refractivity contribution in [1.29, 1.82) is 0 Å². The third kappa shape index (κ3) is 4.31. The summed E-state index contributed by atoms with van der Waals surface area (Å²) in [7, 11) is 3.11. The van der Waals surface area contributed by atoms with Gasteiger partial charge in [0.05, 0.1) is 13.2 Å². The molecule has 0 fully saturated rings. The van der Waals surface area contributed by atoms with Gasteiger partial charge >= 0.3 is 0 Å². The van der Waals surface area contributed by atoms with E-state index in [2.05, 4.69) is 43.7 Å². The summed E-state index contributed by atoms with van der Waals surface area (Å²) >= 11 is 3.13. The van der Waals surface area contributed by atoms with Crippen LogP contribution in [0.5, 0.6) is 5.75 Å². The molecule has 0 aliphatic carbocycles. The normalized spacial score (nSPS) is 15.5. The van der Waals surface area contributed by atoms with E-state index in [0.29, 0.717) is 4.47 Å². The van der Waals surface area contributed by atoms with E-state index in [1.54, 1.807) is 19.2 Å². The Labute approximate surface area is 165 Å². The lowest BCUT2D eigenvalue weighted by Crippen LogP contribution is -2.46. The fourth-order valence-corrected chi connectivity index (χ4v) is 3.47. The average Bonchev–Trinajstić information content (AvgIpc) is 3.06. The number of aromatic amines is 1. The van der Waals surface area contributed by atoms with Crippen LogP contribution in [0.1, 0.15) is 11.3 Å². The molecule has 7 heteroatoms. The number of rotatable bonds is 2. The highest BCUT2D eigenvalue weighted by molar-refractivity contribution is 9.10. The van der Waals surface area contributed by atoms with Gasteiger partial charge in [0, 0.05) is 34.7 Å². The van der Waals surface area contributed by atoms with E-state index < -0.39 is 0 Å². The summed E-state index contributed by atoms with van der Waals surface area (Å²) in [5, 5.41) is 7.17. The van der Waals surface area contributed by atoms with Crippen LogP contribution in [0, 0.1) is 5.82 Å². The molecule has 0 radical (unpaired) electrons. The van der Waals surface area contributed by atoms with Crippen LogP contribution in [0.25, 0.3) is 10.9 Å². The van der Waals surface area contributed by atoms with Crippen molar-refractivity contribution in [3.63, 3.8) is 0 Å². The number of fused-ring (bicyclic) bond motifs is 3. The van der Waals surface area contributed by atoms with E-state index in [1.807, 2.05) is 12.1 Å². The molecule has 0 saturated heterocycles. The number of hydrogen-bond donors (Lipinski definition) is 3. The summed E-state index contributed by atoms with van der Waals surface area (Å²) < 4.78 is 18.1. The smallest absolute Gasteiger partial charge is 0.237 e. The fourth-order valence-electron chi connectivity index (χ4n) is 3.14. The second-order valence-corrected chi connectivity index (χ2v) is 7.07. The van der Waals surface area contributed by atoms with E-state index in [-0.39, 0.29) is 23.5 Å². The topological polar surface area (TPSA) is 66.2 Å². The number of halogens is 2. The van der Waals surface area contributed by atoms with E-state index in [9.17, 15) is 9.18 Å². The van der Waals surface area contributed by atoms with Crippen LogP contribution in [0.4, 0.5) is 4.39 Å². The maximum absolute atomic E-state index is 12.7. The molecule has 0 saturated carbocycles. The zero-order valence-electron chi connectivity index (χ0n) is 15.1. The zero-order chi connectivity index (χ0) is 19.4. The van der Waals surface area contributed by atoms with Crippen molar-refractivity contribution < 1.29 is 13.9 Å². The van der Waals surface area contributed by atoms with Gasteiger partial charge in [0.2, 0.25) is 5.91 Å². The molecule has 2 aromatic carbocycles. The predicted molar refractivity (Wildman–Crippen MR) is 107 cm³/mol.